The van der Waals surface area contributed by atoms with Crippen molar-refractivity contribution in [3.63, 3.8) is 0 Å². The summed E-state index contributed by atoms with van der Waals surface area (Å²) in [7, 11) is 0. The Labute approximate surface area is 132 Å². The molecule has 2 rings (SSSR count). The largest absolute Gasteiger partial charge is 0.256 e. The van der Waals surface area contributed by atoms with E-state index < -0.39 is 0 Å². The number of benzene rings is 2. The maximum atomic E-state index is 5.91. The van der Waals surface area contributed by atoms with Crippen LogP contribution < -0.4 is 0 Å². The highest BCUT2D eigenvalue weighted by atomic mass is 35.5. The molecule has 0 aliphatic heterocycles. The van der Waals surface area contributed by atoms with Crippen molar-refractivity contribution in [3.05, 3.63) is 76.3 Å². The molecule has 0 heterocycles. The highest BCUT2D eigenvalue weighted by Gasteiger charge is 2.05. The molecule has 0 radical (unpaired) electrons. The third-order valence-corrected chi connectivity index (χ3v) is 3.70. The summed E-state index contributed by atoms with van der Waals surface area (Å²) in [4.78, 5) is 4.75. The first-order valence-electron chi connectivity index (χ1n) is 7.31. The van der Waals surface area contributed by atoms with Crippen LogP contribution in [-0.2, 0) is 0 Å². The molecule has 0 aliphatic rings. The van der Waals surface area contributed by atoms with E-state index in [2.05, 4.69) is 38.1 Å². The summed E-state index contributed by atoms with van der Waals surface area (Å²) in [5, 5.41) is 0.744. The highest BCUT2D eigenvalue weighted by molar-refractivity contribution is 6.30. The van der Waals surface area contributed by atoms with E-state index in [1.807, 2.05) is 36.5 Å². The lowest BCUT2D eigenvalue weighted by Crippen LogP contribution is -1.90. The van der Waals surface area contributed by atoms with Crippen molar-refractivity contribution in [3.8, 4) is 0 Å². The Morgan fingerprint density at radius 1 is 0.952 bits per heavy atom. The van der Waals surface area contributed by atoms with Gasteiger partial charge in [0.25, 0.3) is 0 Å². The van der Waals surface area contributed by atoms with E-state index in [4.69, 9.17) is 16.6 Å². The molecule has 2 heteroatoms. The zero-order valence-corrected chi connectivity index (χ0v) is 13.3. The normalized spacial score (nSPS) is 10.8. The van der Waals surface area contributed by atoms with Gasteiger partial charge in [-0.3, -0.25) is 4.99 Å². The van der Waals surface area contributed by atoms with Crippen LogP contribution >= 0.6 is 11.6 Å². The predicted molar refractivity (Wildman–Crippen MR) is 93.0 cm³/mol. The lowest BCUT2D eigenvalue weighted by molar-refractivity contribution is 0.976. The van der Waals surface area contributed by atoms with Crippen molar-refractivity contribution in [1.29, 1.82) is 0 Å². The fourth-order valence-electron chi connectivity index (χ4n) is 2.24. The van der Waals surface area contributed by atoms with Gasteiger partial charge in [-0.2, -0.15) is 0 Å². The molecule has 0 N–H and O–H groups in total. The van der Waals surface area contributed by atoms with Gasteiger partial charge in [0.15, 0.2) is 0 Å². The van der Waals surface area contributed by atoms with E-state index in [1.165, 1.54) is 11.1 Å². The summed E-state index contributed by atoms with van der Waals surface area (Å²) in [5.41, 5.74) is 4.67. The van der Waals surface area contributed by atoms with Crippen LogP contribution in [0.5, 0.6) is 0 Å². The molecule has 0 amide bonds. The molecule has 21 heavy (non-hydrogen) atoms. The average molecular weight is 298 g/mol. The van der Waals surface area contributed by atoms with Gasteiger partial charge in [-0.05, 0) is 36.1 Å². The third-order valence-electron chi connectivity index (χ3n) is 3.45. The van der Waals surface area contributed by atoms with Crippen molar-refractivity contribution in [2.75, 3.05) is 0 Å². The second kappa shape index (κ2) is 7.80. The molecule has 0 atom stereocenters. The third kappa shape index (κ3) is 4.30. The van der Waals surface area contributed by atoms with E-state index >= 15 is 0 Å². The lowest BCUT2D eigenvalue weighted by atomic mass is 10.0. The van der Waals surface area contributed by atoms with Crippen LogP contribution in [0.1, 0.15) is 37.8 Å². The first-order chi connectivity index (χ1) is 10.2. The van der Waals surface area contributed by atoms with Crippen molar-refractivity contribution < 1.29 is 0 Å². The molecule has 1 nitrogen and oxygen atoms in total. The lowest BCUT2D eigenvalue weighted by Gasteiger charge is -2.09. The summed E-state index contributed by atoms with van der Waals surface area (Å²) in [6.45, 7) is 4.36. The number of aliphatic imine (C=N–C) groups is 1. The Kier molecular flexibility index (Phi) is 5.77. The van der Waals surface area contributed by atoms with Crippen LogP contribution in [-0.4, -0.2) is 6.21 Å². The standard InChI is InChI=1S/C19H20ClN/c1-3-16(4-2)19(17-8-6-5-7-9-17)21-14-15-10-12-18(20)13-11-15/h5-14H,3-4H2,1-2H3. The van der Waals surface area contributed by atoms with Crippen molar-refractivity contribution in [2.24, 2.45) is 4.99 Å². The van der Waals surface area contributed by atoms with Gasteiger partial charge in [0.05, 0.1) is 5.70 Å². The molecule has 0 aliphatic carbocycles. The van der Waals surface area contributed by atoms with Crippen LogP contribution in [0, 0.1) is 0 Å². The first kappa shape index (κ1) is 15.5. The Morgan fingerprint density at radius 2 is 1.57 bits per heavy atom. The molecular formula is C19H20ClN. The monoisotopic (exact) mass is 297 g/mol. The summed E-state index contributed by atoms with van der Waals surface area (Å²) in [6, 6.07) is 18.1. The molecule has 0 saturated carbocycles. The minimum Gasteiger partial charge on any atom is -0.256 e. The molecule has 0 aromatic heterocycles. The molecule has 0 bridgehead atoms. The summed E-state index contributed by atoms with van der Waals surface area (Å²) in [5.74, 6) is 0. The van der Waals surface area contributed by atoms with E-state index in [1.54, 1.807) is 0 Å². The number of allylic oxidation sites excluding steroid dienone is 1. The minimum atomic E-state index is 0.744. The second-order valence-electron chi connectivity index (χ2n) is 4.84. The molecule has 0 spiro atoms. The molecule has 2 aromatic carbocycles. The maximum Gasteiger partial charge on any atom is 0.0693 e. The van der Waals surface area contributed by atoms with E-state index in [-0.39, 0.29) is 0 Å². The zero-order chi connectivity index (χ0) is 15.1. The van der Waals surface area contributed by atoms with Crippen LogP contribution in [0.2, 0.25) is 5.02 Å². The molecule has 108 valence electrons. The summed E-state index contributed by atoms with van der Waals surface area (Å²) in [6.07, 6.45) is 3.93. The van der Waals surface area contributed by atoms with Gasteiger partial charge in [0.1, 0.15) is 0 Å². The van der Waals surface area contributed by atoms with E-state index in [0.717, 1.165) is 29.1 Å². The Bertz CT molecular complexity index is 618. The van der Waals surface area contributed by atoms with Crippen LogP contribution in [0.4, 0.5) is 0 Å². The highest BCUT2D eigenvalue weighted by Crippen LogP contribution is 2.24. The van der Waals surface area contributed by atoms with Gasteiger partial charge >= 0.3 is 0 Å². The predicted octanol–water partition coefficient (Wildman–Crippen LogP) is 5.99. The van der Waals surface area contributed by atoms with E-state index in [9.17, 15) is 0 Å². The second-order valence-corrected chi connectivity index (χ2v) is 5.27. The quantitative estimate of drug-likeness (QED) is 0.601. The van der Waals surface area contributed by atoms with Gasteiger partial charge in [-0.1, -0.05) is 67.9 Å². The zero-order valence-electron chi connectivity index (χ0n) is 12.5. The molecular weight excluding hydrogens is 278 g/mol. The maximum absolute atomic E-state index is 5.91. The number of rotatable bonds is 5. The van der Waals surface area contributed by atoms with Crippen LogP contribution in [0.15, 0.2) is 65.2 Å². The Hall–Kier alpha value is -1.86. The van der Waals surface area contributed by atoms with Gasteiger partial charge in [0, 0.05) is 16.8 Å². The molecule has 2 aromatic rings. The number of halogens is 1. The average Bonchev–Trinajstić information content (AvgIpc) is 2.54. The van der Waals surface area contributed by atoms with Gasteiger partial charge in [-0.25, -0.2) is 0 Å². The first-order valence-corrected chi connectivity index (χ1v) is 7.69. The van der Waals surface area contributed by atoms with Crippen molar-refractivity contribution in [2.45, 2.75) is 26.7 Å². The number of hydrogen-bond acceptors (Lipinski definition) is 1. The number of hydrogen-bond donors (Lipinski definition) is 0. The Morgan fingerprint density at radius 3 is 2.14 bits per heavy atom. The molecule has 0 unspecified atom stereocenters. The fourth-order valence-corrected chi connectivity index (χ4v) is 2.36. The summed E-state index contributed by atoms with van der Waals surface area (Å²) >= 11 is 5.91. The number of nitrogens with zero attached hydrogens (tertiary/aromatic N) is 1. The van der Waals surface area contributed by atoms with Crippen LogP contribution in [0.3, 0.4) is 0 Å². The van der Waals surface area contributed by atoms with Gasteiger partial charge < -0.3 is 0 Å². The summed E-state index contributed by atoms with van der Waals surface area (Å²) < 4.78 is 0. The van der Waals surface area contributed by atoms with Gasteiger partial charge in [-0.15, -0.1) is 0 Å². The van der Waals surface area contributed by atoms with E-state index in [0.29, 0.717) is 0 Å². The van der Waals surface area contributed by atoms with Gasteiger partial charge in [0.2, 0.25) is 0 Å². The molecule has 0 fully saturated rings. The minimum absolute atomic E-state index is 0.744. The van der Waals surface area contributed by atoms with Crippen molar-refractivity contribution >= 4 is 23.5 Å². The smallest absolute Gasteiger partial charge is 0.0693 e. The SMILES string of the molecule is CCC(CC)=C(N=Cc1ccc(Cl)cc1)c1ccccc1. The topological polar surface area (TPSA) is 12.4 Å². The van der Waals surface area contributed by atoms with Crippen molar-refractivity contribution in [1.82, 2.24) is 0 Å². The Balaban J connectivity index is 2.37. The van der Waals surface area contributed by atoms with Crippen LogP contribution in [0.25, 0.3) is 5.70 Å². The molecule has 0 saturated heterocycles. The fraction of sp³-hybridized carbons (Fsp3) is 0.211.